The Morgan fingerprint density at radius 3 is 2.61 bits per heavy atom. The molecule has 0 aromatic heterocycles. The summed E-state index contributed by atoms with van der Waals surface area (Å²) in [5.74, 6) is -0.121. The molecular weight excluding hydrogens is 232 g/mol. The molecule has 1 aliphatic rings. The first-order valence-electron chi connectivity index (χ1n) is 6.37. The van der Waals surface area contributed by atoms with Crippen molar-refractivity contribution in [1.29, 1.82) is 0 Å². The molecule has 0 aromatic carbocycles. The number of rotatable bonds is 5. The van der Waals surface area contributed by atoms with E-state index < -0.39 is 5.97 Å². The van der Waals surface area contributed by atoms with Crippen molar-refractivity contribution in [3.63, 3.8) is 0 Å². The molecule has 0 aliphatic heterocycles. The molecule has 1 saturated carbocycles. The van der Waals surface area contributed by atoms with Gasteiger partial charge in [-0.1, -0.05) is 13.0 Å². The summed E-state index contributed by atoms with van der Waals surface area (Å²) in [5, 5.41) is 0. The molecule has 1 rings (SSSR count). The van der Waals surface area contributed by atoms with Crippen LogP contribution in [-0.4, -0.2) is 27.0 Å². The van der Waals surface area contributed by atoms with Crippen LogP contribution in [0.25, 0.3) is 0 Å². The van der Waals surface area contributed by atoms with Gasteiger partial charge < -0.3 is 14.2 Å². The van der Waals surface area contributed by atoms with E-state index in [1.165, 1.54) is 19.8 Å². The van der Waals surface area contributed by atoms with E-state index in [4.69, 9.17) is 14.2 Å². The predicted octanol–water partition coefficient (Wildman–Crippen LogP) is 2.94. The maximum Gasteiger partial charge on any atom is 0.373 e. The van der Waals surface area contributed by atoms with Crippen molar-refractivity contribution in [3.8, 4) is 0 Å². The van der Waals surface area contributed by atoms with E-state index in [1.54, 1.807) is 0 Å². The van der Waals surface area contributed by atoms with Crippen molar-refractivity contribution >= 4 is 5.97 Å². The second kappa shape index (κ2) is 7.93. The molecule has 18 heavy (non-hydrogen) atoms. The molecule has 0 bridgehead atoms. The van der Waals surface area contributed by atoms with E-state index in [0.29, 0.717) is 5.76 Å². The number of esters is 1. The number of methoxy groups -OCH3 is 2. The lowest BCUT2D eigenvalue weighted by Crippen LogP contribution is -2.15. The van der Waals surface area contributed by atoms with Crippen molar-refractivity contribution in [2.75, 3.05) is 21.0 Å². The van der Waals surface area contributed by atoms with Crippen LogP contribution in [0.5, 0.6) is 0 Å². The molecule has 0 N–H and O–H groups in total. The topological polar surface area (TPSA) is 44.8 Å². The lowest BCUT2D eigenvalue weighted by atomic mass is 9.88. The average molecular weight is 254 g/mol. The number of carbonyl (C=O) groups excluding carboxylic acids is 1. The summed E-state index contributed by atoms with van der Waals surface area (Å²) in [6.45, 7) is 2.15. The molecule has 0 amide bonds. The number of ether oxygens (including phenoxy) is 3. The minimum Gasteiger partial charge on any atom is -0.463 e. The third-order valence-electron chi connectivity index (χ3n) is 2.93. The predicted molar refractivity (Wildman–Crippen MR) is 68.8 cm³/mol. The van der Waals surface area contributed by atoms with Crippen LogP contribution >= 0.6 is 0 Å². The van der Waals surface area contributed by atoms with Gasteiger partial charge in [-0.2, -0.15) is 0 Å². The van der Waals surface area contributed by atoms with E-state index in [9.17, 15) is 4.79 Å². The smallest absolute Gasteiger partial charge is 0.373 e. The fourth-order valence-corrected chi connectivity index (χ4v) is 2.14. The van der Waals surface area contributed by atoms with Crippen molar-refractivity contribution < 1.29 is 19.0 Å². The second-order valence-electron chi connectivity index (χ2n) is 4.19. The van der Waals surface area contributed by atoms with Gasteiger partial charge in [0.15, 0.2) is 6.79 Å². The fraction of sp³-hybridized carbons (Fsp3) is 0.643. The fourth-order valence-electron chi connectivity index (χ4n) is 2.14. The maximum absolute atomic E-state index is 11.8. The summed E-state index contributed by atoms with van der Waals surface area (Å²) in [6, 6.07) is 0. The van der Waals surface area contributed by atoms with Gasteiger partial charge in [0, 0.05) is 12.7 Å². The van der Waals surface area contributed by atoms with Crippen LogP contribution in [0.15, 0.2) is 23.0 Å². The van der Waals surface area contributed by atoms with Crippen molar-refractivity contribution in [3.05, 3.63) is 23.0 Å². The standard InChI is InChI=1S/C14H22O4/c1-4-7-11-8-5-6-9-12(11)13(14(15)17-3)18-10-16-2/h7H,4-6,8-10H2,1-3H3. The van der Waals surface area contributed by atoms with Gasteiger partial charge in [-0.15, -0.1) is 0 Å². The Morgan fingerprint density at radius 2 is 2.00 bits per heavy atom. The number of hydrogen-bond acceptors (Lipinski definition) is 4. The highest BCUT2D eigenvalue weighted by molar-refractivity contribution is 5.88. The van der Waals surface area contributed by atoms with Crippen molar-refractivity contribution in [2.45, 2.75) is 39.0 Å². The molecule has 0 aromatic rings. The van der Waals surface area contributed by atoms with E-state index in [-0.39, 0.29) is 6.79 Å². The first-order valence-corrected chi connectivity index (χ1v) is 6.37. The first-order chi connectivity index (χ1) is 8.74. The third kappa shape index (κ3) is 3.88. The van der Waals surface area contributed by atoms with Crippen LogP contribution in [-0.2, 0) is 19.0 Å². The van der Waals surface area contributed by atoms with Gasteiger partial charge in [0.1, 0.15) is 0 Å². The summed E-state index contributed by atoms with van der Waals surface area (Å²) < 4.78 is 15.1. The largest absolute Gasteiger partial charge is 0.463 e. The second-order valence-corrected chi connectivity index (χ2v) is 4.19. The summed E-state index contributed by atoms with van der Waals surface area (Å²) in [4.78, 5) is 11.8. The maximum atomic E-state index is 11.8. The minimum absolute atomic E-state index is 0.0628. The van der Waals surface area contributed by atoms with Gasteiger partial charge in [-0.3, -0.25) is 0 Å². The van der Waals surface area contributed by atoms with Crippen LogP contribution in [0.1, 0.15) is 39.0 Å². The van der Waals surface area contributed by atoms with Crippen LogP contribution in [0, 0.1) is 0 Å². The van der Waals surface area contributed by atoms with Gasteiger partial charge >= 0.3 is 5.97 Å². The van der Waals surface area contributed by atoms with Crippen LogP contribution in [0.3, 0.4) is 0 Å². The Labute approximate surface area is 109 Å². The highest BCUT2D eigenvalue weighted by atomic mass is 16.7. The van der Waals surface area contributed by atoms with Crippen molar-refractivity contribution in [2.24, 2.45) is 0 Å². The first kappa shape index (κ1) is 14.8. The zero-order valence-electron chi connectivity index (χ0n) is 11.5. The Morgan fingerprint density at radius 1 is 1.28 bits per heavy atom. The summed E-state index contributed by atoms with van der Waals surface area (Å²) in [5.41, 5.74) is 2.19. The van der Waals surface area contributed by atoms with E-state index in [0.717, 1.165) is 37.7 Å². The number of hydrogen-bond donors (Lipinski definition) is 0. The molecule has 0 radical (unpaired) electrons. The Bertz CT molecular complexity index is 342. The number of allylic oxidation sites excluding steroid dienone is 3. The molecule has 102 valence electrons. The lowest BCUT2D eigenvalue weighted by molar-refractivity contribution is -0.142. The van der Waals surface area contributed by atoms with Gasteiger partial charge in [-0.05, 0) is 37.7 Å². The molecule has 0 heterocycles. The Hall–Kier alpha value is -1.29. The van der Waals surface area contributed by atoms with Crippen LogP contribution in [0.2, 0.25) is 0 Å². The lowest BCUT2D eigenvalue weighted by Gasteiger charge is -2.21. The quantitative estimate of drug-likeness (QED) is 0.327. The molecule has 0 spiro atoms. The Kier molecular flexibility index (Phi) is 6.50. The van der Waals surface area contributed by atoms with E-state index in [1.807, 2.05) is 0 Å². The molecule has 4 nitrogen and oxygen atoms in total. The zero-order chi connectivity index (χ0) is 13.4. The van der Waals surface area contributed by atoms with Gasteiger partial charge in [0.05, 0.1) is 7.11 Å². The molecule has 4 heteroatoms. The summed E-state index contributed by atoms with van der Waals surface area (Å²) >= 11 is 0. The highest BCUT2D eigenvalue weighted by Gasteiger charge is 2.23. The molecular formula is C14H22O4. The average Bonchev–Trinajstić information content (AvgIpc) is 2.40. The number of carbonyl (C=O) groups is 1. The SMILES string of the molecule is CCC=C1CCCCC1=C(OCOC)C(=O)OC. The van der Waals surface area contributed by atoms with Crippen LogP contribution < -0.4 is 0 Å². The van der Waals surface area contributed by atoms with Crippen LogP contribution in [0.4, 0.5) is 0 Å². The van der Waals surface area contributed by atoms with E-state index >= 15 is 0 Å². The van der Waals surface area contributed by atoms with Crippen molar-refractivity contribution in [1.82, 2.24) is 0 Å². The van der Waals surface area contributed by atoms with E-state index in [2.05, 4.69) is 13.0 Å². The Balaban J connectivity index is 3.04. The monoisotopic (exact) mass is 254 g/mol. The third-order valence-corrected chi connectivity index (χ3v) is 2.93. The normalized spacial score (nSPS) is 20.7. The molecule has 0 saturated heterocycles. The highest BCUT2D eigenvalue weighted by Crippen LogP contribution is 2.32. The van der Waals surface area contributed by atoms with Gasteiger partial charge in [0.25, 0.3) is 0 Å². The zero-order valence-corrected chi connectivity index (χ0v) is 11.5. The molecule has 1 aliphatic carbocycles. The summed E-state index contributed by atoms with van der Waals surface area (Å²) in [6.07, 6.45) is 7.21. The molecule has 0 unspecified atom stereocenters. The van der Waals surface area contributed by atoms with Gasteiger partial charge in [0.2, 0.25) is 5.76 Å². The minimum atomic E-state index is -0.425. The van der Waals surface area contributed by atoms with Gasteiger partial charge in [-0.25, -0.2) is 4.79 Å². The molecule has 1 fully saturated rings. The molecule has 0 atom stereocenters. The summed E-state index contributed by atoms with van der Waals surface area (Å²) in [7, 11) is 2.90.